The molecule has 1 heterocycles. The van der Waals surface area contributed by atoms with Crippen molar-refractivity contribution in [2.75, 3.05) is 13.2 Å². The van der Waals surface area contributed by atoms with Crippen LogP contribution in [0.1, 0.15) is 11.4 Å². The van der Waals surface area contributed by atoms with Crippen molar-refractivity contribution in [3.63, 3.8) is 0 Å². The van der Waals surface area contributed by atoms with Gasteiger partial charge in [0, 0.05) is 19.1 Å². The molecule has 0 aliphatic rings. The van der Waals surface area contributed by atoms with Crippen LogP contribution in [0, 0.1) is 0 Å². The Bertz CT molecular complexity index is 485. The van der Waals surface area contributed by atoms with Crippen LogP contribution in [-0.2, 0) is 11.2 Å². The van der Waals surface area contributed by atoms with E-state index in [2.05, 4.69) is 4.98 Å². The highest BCUT2D eigenvalue weighted by Gasteiger charge is 2.09. The van der Waals surface area contributed by atoms with Crippen LogP contribution in [0.4, 0.5) is 8.78 Å². The number of hydrogen-bond acceptors (Lipinski definition) is 4. The number of alkyl halides is 2. The molecule has 6 heteroatoms. The van der Waals surface area contributed by atoms with Gasteiger partial charge in [-0.3, -0.25) is 0 Å². The zero-order valence-electron chi connectivity index (χ0n) is 10.4. The number of aromatic nitrogens is 1. The van der Waals surface area contributed by atoms with Crippen molar-refractivity contribution in [2.45, 2.75) is 25.3 Å². The number of hydrogen-bond donors (Lipinski definition) is 1. The molecule has 0 amide bonds. The summed E-state index contributed by atoms with van der Waals surface area (Å²) in [5.41, 5.74) is 6.92. The quantitative estimate of drug-likeness (QED) is 0.796. The van der Waals surface area contributed by atoms with E-state index < -0.39 is 13.0 Å². The van der Waals surface area contributed by atoms with Crippen LogP contribution in [0.5, 0.6) is 0 Å². The molecule has 1 aromatic heterocycles. The van der Waals surface area contributed by atoms with Gasteiger partial charge in [-0.05, 0) is 18.6 Å². The monoisotopic (exact) mass is 286 g/mol. The van der Waals surface area contributed by atoms with Gasteiger partial charge in [0.15, 0.2) is 0 Å². The second kappa shape index (κ2) is 6.88. The fourth-order valence-electron chi connectivity index (χ4n) is 1.74. The van der Waals surface area contributed by atoms with Gasteiger partial charge in [-0.15, -0.1) is 11.3 Å². The van der Waals surface area contributed by atoms with Crippen molar-refractivity contribution < 1.29 is 13.5 Å². The second-order valence-corrected chi connectivity index (χ2v) is 5.41. The molecular weight excluding hydrogens is 270 g/mol. The van der Waals surface area contributed by atoms with E-state index in [4.69, 9.17) is 10.5 Å². The molecule has 104 valence electrons. The molecule has 0 radical (unpaired) electrons. The number of thiazole rings is 1. The SMILES string of the molecule is NC(CCOCC(F)F)Cc1nc2ccccc2s1. The smallest absolute Gasteiger partial charge is 0.261 e. The Hall–Kier alpha value is -1.11. The van der Waals surface area contributed by atoms with E-state index in [1.54, 1.807) is 11.3 Å². The number of halogens is 2. The standard InChI is InChI=1S/C13H16F2N2OS/c14-12(15)8-18-6-5-9(16)7-13-17-10-3-1-2-4-11(10)19-13/h1-4,9,12H,5-8,16H2. The summed E-state index contributed by atoms with van der Waals surface area (Å²) in [6, 6.07) is 7.80. The van der Waals surface area contributed by atoms with E-state index in [0.29, 0.717) is 12.8 Å². The minimum atomic E-state index is -2.42. The summed E-state index contributed by atoms with van der Waals surface area (Å²) in [6.07, 6.45) is -1.21. The molecule has 1 unspecified atom stereocenters. The molecule has 2 rings (SSSR count). The van der Waals surface area contributed by atoms with Crippen molar-refractivity contribution in [1.29, 1.82) is 0 Å². The van der Waals surface area contributed by atoms with Crippen LogP contribution in [-0.4, -0.2) is 30.7 Å². The number of benzene rings is 1. The molecule has 0 bridgehead atoms. The fourth-order valence-corrected chi connectivity index (χ4v) is 2.80. The lowest BCUT2D eigenvalue weighted by atomic mass is 10.2. The molecule has 0 saturated carbocycles. The van der Waals surface area contributed by atoms with Crippen LogP contribution in [0.25, 0.3) is 10.2 Å². The van der Waals surface area contributed by atoms with Crippen LogP contribution in [0.2, 0.25) is 0 Å². The molecule has 0 aliphatic carbocycles. The maximum Gasteiger partial charge on any atom is 0.261 e. The Morgan fingerprint density at radius 2 is 2.11 bits per heavy atom. The van der Waals surface area contributed by atoms with E-state index in [-0.39, 0.29) is 12.6 Å². The van der Waals surface area contributed by atoms with Crippen LogP contribution in [0.3, 0.4) is 0 Å². The minimum absolute atomic E-state index is 0.113. The van der Waals surface area contributed by atoms with Crippen LogP contribution in [0.15, 0.2) is 24.3 Å². The average Bonchev–Trinajstić information content (AvgIpc) is 2.76. The minimum Gasteiger partial charge on any atom is -0.375 e. The summed E-state index contributed by atoms with van der Waals surface area (Å²) < 4.78 is 29.7. The third kappa shape index (κ3) is 4.49. The van der Waals surface area contributed by atoms with Crippen molar-refractivity contribution >= 4 is 21.6 Å². The molecule has 19 heavy (non-hydrogen) atoms. The number of nitrogens with zero attached hydrogens (tertiary/aromatic N) is 1. The number of para-hydroxylation sites is 1. The topological polar surface area (TPSA) is 48.1 Å². The lowest BCUT2D eigenvalue weighted by molar-refractivity contribution is 0.0153. The maximum atomic E-state index is 11.9. The van der Waals surface area contributed by atoms with Gasteiger partial charge in [-0.1, -0.05) is 12.1 Å². The number of rotatable bonds is 7. The molecular formula is C13H16F2N2OS. The molecule has 0 saturated heterocycles. The zero-order valence-corrected chi connectivity index (χ0v) is 11.2. The molecule has 2 aromatic rings. The molecule has 1 aromatic carbocycles. The highest BCUT2D eigenvalue weighted by molar-refractivity contribution is 7.18. The van der Waals surface area contributed by atoms with Gasteiger partial charge in [-0.2, -0.15) is 0 Å². The first-order valence-electron chi connectivity index (χ1n) is 6.11. The van der Waals surface area contributed by atoms with Crippen molar-refractivity contribution in [3.05, 3.63) is 29.3 Å². The summed E-state index contributed by atoms with van der Waals surface area (Å²) in [4.78, 5) is 4.49. The molecule has 2 N–H and O–H groups in total. The van der Waals surface area contributed by atoms with Gasteiger partial charge >= 0.3 is 0 Å². The lowest BCUT2D eigenvalue weighted by Gasteiger charge is -2.09. The number of ether oxygens (including phenoxy) is 1. The first-order valence-corrected chi connectivity index (χ1v) is 6.92. The van der Waals surface area contributed by atoms with Gasteiger partial charge in [0.05, 0.1) is 15.2 Å². The highest BCUT2D eigenvalue weighted by Crippen LogP contribution is 2.22. The van der Waals surface area contributed by atoms with E-state index >= 15 is 0 Å². The van der Waals surface area contributed by atoms with Gasteiger partial charge in [0.2, 0.25) is 0 Å². The number of fused-ring (bicyclic) bond motifs is 1. The van der Waals surface area contributed by atoms with E-state index in [9.17, 15) is 8.78 Å². The lowest BCUT2D eigenvalue weighted by Crippen LogP contribution is -2.25. The Balaban J connectivity index is 1.80. The second-order valence-electron chi connectivity index (χ2n) is 4.29. The predicted octanol–water partition coefficient (Wildman–Crippen LogP) is 2.84. The van der Waals surface area contributed by atoms with Gasteiger partial charge < -0.3 is 10.5 Å². The fraction of sp³-hybridized carbons (Fsp3) is 0.462. The Labute approximate surface area is 114 Å². The predicted molar refractivity (Wildman–Crippen MR) is 72.7 cm³/mol. The van der Waals surface area contributed by atoms with E-state index in [1.165, 1.54) is 0 Å². The number of nitrogens with two attached hydrogens (primary N) is 1. The van der Waals surface area contributed by atoms with Crippen molar-refractivity contribution in [3.8, 4) is 0 Å². The van der Waals surface area contributed by atoms with Gasteiger partial charge in [0.1, 0.15) is 6.61 Å². The molecule has 0 fully saturated rings. The zero-order chi connectivity index (χ0) is 13.7. The largest absolute Gasteiger partial charge is 0.375 e. The van der Waals surface area contributed by atoms with Gasteiger partial charge in [-0.25, -0.2) is 13.8 Å². The molecule has 0 spiro atoms. The summed E-state index contributed by atoms with van der Waals surface area (Å²) in [6.45, 7) is -0.260. The van der Waals surface area contributed by atoms with Crippen molar-refractivity contribution in [2.24, 2.45) is 5.73 Å². The van der Waals surface area contributed by atoms with E-state index in [0.717, 1.165) is 15.2 Å². The normalized spacial score (nSPS) is 13.3. The molecule has 3 nitrogen and oxygen atoms in total. The highest BCUT2D eigenvalue weighted by atomic mass is 32.1. The first-order chi connectivity index (χ1) is 9.15. The molecule has 1 atom stereocenters. The third-order valence-electron chi connectivity index (χ3n) is 2.65. The Kier molecular flexibility index (Phi) is 5.18. The van der Waals surface area contributed by atoms with Crippen LogP contribution < -0.4 is 5.73 Å². The summed E-state index contributed by atoms with van der Waals surface area (Å²) in [5.74, 6) is 0. The van der Waals surface area contributed by atoms with Crippen molar-refractivity contribution in [1.82, 2.24) is 4.98 Å². The van der Waals surface area contributed by atoms with Crippen LogP contribution >= 0.6 is 11.3 Å². The summed E-state index contributed by atoms with van der Waals surface area (Å²) in [7, 11) is 0. The Morgan fingerprint density at radius 1 is 1.32 bits per heavy atom. The Morgan fingerprint density at radius 3 is 2.84 bits per heavy atom. The van der Waals surface area contributed by atoms with E-state index in [1.807, 2.05) is 24.3 Å². The average molecular weight is 286 g/mol. The molecule has 0 aliphatic heterocycles. The first kappa shape index (κ1) is 14.3. The van der Waals surface area contributed by atoms with Gasteiger partial charge in [0.25, 0.3) is 6.43 Å². The third-order valence-corrected chi connectivity index (χ3v) is 3.71. The maximum absolute atomic E-state index is 11.9. The summed E-state index contributed by atoms with van der Waals surface area (Å²) >= 11 is 1.62. The summed E-state index contributed by atoms with van der Waals surface area (Å²) in [5, 5.41) is 0.975.